The summed E-state index contributed by atoms with van der Waals surface area (Å²) in [6, 6.07) is 9.27. The highest BCUT2D eigenvalue weighted by molar-refractivity contribution is 5.93. The van der Waals surface area contributed by atoms with Gasteiger partial charge in [-0.15, -0.1) is 0 Å². The predicted molar refractivity (Wildman–Crippen MR) is 99.2 cm³/mol. The van der Waals surface area contributed by atoms with Gasteiger partial charge in [0, 0.05) is 12.5 Å². The van der Waals surface area contributed by atoms with Crippen LogP contribution in [-0.4, -0.2) is 18.5 Å². The van der Waals surface area contributed by atoms with E-state index in [1.165, 1.54) is 5.56 Å². The van der Waals surface area contributed by atoms with Gasteiger partial charge in [0.05, 0.1) is 17.9 Å². The zero-order valence-electron chi connectivity index (χ0n) is 14.5. The highest BCUT2D eigenvalue weighted by atomic mass is 16.5. The van der Waals surface area contributed by atoms with Crippen LogP contribution >= 0.6 is 0 Å². The number of guanidine groups is 1. The quantitative estimate of drug-likeness (QED) is 0.356. The van der Waals surface area contributed by atoms with Gasteiger partial charge in [-0.25, -0.2) is 9.79 Å². The maximum atomic E-state index is 12.8. The molecule has 0 radical (unpaired) electrons. The van der Waals surface area contributed by atoms with Gasteiger partial charge in [0.2, 0.25) is 0 Å². The van der Waals surface area contributed by atoms with Crippen LogP contribution in [0.2, 0.25) is 0 Å². The first-order valence-electron chi connectivity index (χ1n) is 8.83. The van der Waals surface area contributed by atoms with Gasteiger partial charge < -0.3 is 20.9 Å². The second kappa shape index (κ2) is 6.71. The first kappa shape index (κ1) is 16.4. The molecule has 0 bridgehead atoms. The van der Waals surface area contributed by atoms with Gasteiger partial charge in [-0.2, -0.15) is 0 Å². The van der Waals surface area contributed by atoms with Crippen molar-refractivity contribution in [1.29, 1.82) is 0 Å². The van der Waals surface area contributed by atoms with Crippen molar-refractivity contribution >= 4 is 17.6 Å². The van der Waals surface area contributed by atoms with Crippen molar-refractivity contribution in [1.82, 2.24) is 0 Å². The minimum Gasteiger partial charge on any atom is -0.493 e. The molecule has 2 aromatic carbocycles. The number of hydrogen-bond acceptors (Lipinski definition) is 4. The fourth-order valence-corrected chi connectivity index (χ4v) is 3.54. The summed E-state index contributed by atoms with van der Waals surface area (Å²) in [5.41, 5.74) is 15.3. The smallest absolute Gasteiger partial charge is 0.343 e. The first-order valence-corrected chi connectivity index (χ1v) is 8.83. The van der Waals surface area contributed by atoms with E-state index < -0.39 is 0 Å². The van der Waals surface area contributed by atoms with Crippen LogP contribution in [0.4, 0.5) is 5.69 Å². The lowest BCUT2D eigenvalue weighted by molar-refractivity contribution is 0.0731. The van der Waals surface area contributed by atoms with Crippen LogP contribution in [-0.2, 0) is 19.3 Å². The van der Waals surface area contributed by atoms with E-state index in [1.807, 2.05) is 12.1 Å². The van der Waals surface area contributed by atoms with Crippen molar-refractivity contribution in [2.75, 3.05) is 6.61 Å². The second-order valence-electron chi connectivity index (χ2n) is 6.64. The minimum absolute atomic E-state index is 0.00447. The Bertz CT molecular complexity index is 901. The molecule has 6 nitrogen and oxygen atoms in total. The van der Waals surface area contributed by atoms with Crippen molar-refractivity contribution in [2.45, 2.75) is 32.1 Å². The molecule has 0 aliphatic carbocycles. The van der Waals surface area contributed by atoms with Gasteiger partial charge >= 0.3 is 5.97 Å². The van der Waals surface area contributed by atoms with E-state index in [9.17, 15) is 4.79 Å². The number of nitrogens with two attached hydrogens (primary N) is 2. The Balaban J connectivity index is 1.71. The third kappa shape index (κ3) is 3.22. The molecule has 4 rings (SSSR count). The molecule has 2 aliphatic rings. The predicted octanol–water partition coefficient (Wildman–Crippen LogP) is 2.62. The van der Waals surface area contributed by atoms with Gasteiger partial charge in [0.25, 0.3) is 0 Å². The Morgan fingerprint density at radius 1 is 0.923 bits per heavy atom. The van der Waals surface area contributed by atoms with E-state index >= 15 is 0 Å². The van der Waals surface area contributed by atoms with Gasteiger partial charge in [-0.05, 0) is 66.6 Å². The Hall–Kier alpha value is -3.02. The van der Waals surface area contributed by atoms with E-state index in [2.05, 4.69) is 11.1 Å². The Kier molecular flexibility index (Phi) is 4.24. The minimum atomic E-state index is -0.364. The Morgan fingerprint density at radius 3 is 2.50 bits per heavy atom. The normalized spacial score (nSPS) is 15.8. The van der Waals surface area contributed by atoms with Crippen LogP contribution in [0.3, 0.4) is 0 Å². The highest BCUT2D eigenvalue weighted by Gasteiger charge is 2.21. The topological polar surface area (TPSA) is 99.9 Å². The molecule has 4 N–H and O–H groups in total. The summed E-state index contributed by atoms with van der Waals surface area (Å²) in [5.74, 6) is 1.04. The fraction of sp³-hybridized carbons (Fsp3) is 0.300. The molecular formula is C20H21N3O3. The molecule has 0 unspecified atom stereocenters. The maximum Gasteiger partial charge on any atom is 0.343 e. The summed E-state index contributed by atoms with van der Waals surface area (Å²) in [6.45, 7) is 0.683. The van der Waals surface area contributed by atoms with Crippen LogP contribution in [0.25, 0.3) is 0 Å². The van der Waals surface area contributed by atoms with E-state index in [0.717, 1.165) is 49.0 Å². The van der Waals surface area contributed by atoms with Crippen LogP contribution in [0.15, 0.2) is 35.3 Å². The average molecular weight is 351 g/mol. The van der Waals surface area contributed by atoms with Gasteiger partial charge in [0.15, 0.2) is 5.96 Å². The van der Waals surface area contributed by atoms with Crippen molar-refractivity contribution < 1.29 is 14.3 Å². The second-order valence-corrected chi connectivity index (χ2v) is 6.64. The lowest BCUT2D eigenvalue weighted by Crippen LogP contribution is -2.22. The van der Waals surface area contributed by atoms with Crippen LogP contribution in [0, 0.1) is 0 Å². The molecule has 0 saturated carbocycles. The number of hydrogen-bond donors (Lipinski definition) is 2. The van der Waals surface area contributed by atoms with Gasteiger partial charge in [0.1, 0.15) is 11.5 Å². The number of aliphatic imine (C=N–C) groups is 1. The number of carbonyl (C=O) groups excluding carboxylic acids is 1. The largest absolute Gasteiger partial charge is 0.493 e. The van der Waals surface area contributed by atoms with Gasteiger partial charge in [-0.3, -0.25) is 0 Å². The van der Waals surface area contributed by atoms with Gasteiger partial charge in [-0.1, -0.05) is 0 Å². The van der Waals surface area contributed by atoms with E-state index in [-0.39, 0.29) is 11.9 Å². The SMILES string of the molecule is NC(N)=Nc1ccc2c(c1)CCCCc1cc3c(cc1OC2=O)OCC3. The number of aryl methyl sites for hydroxylation is 2. The number of benzene rings is 2. The molecule has 0 amide bonds. The van der Waals surface area contributed by atoms with E-state index in [0.29, 0.717) is 23.6 Å². The molecule has 0 aromatic heterocycles. The number of esters is 1. The van der Waals surface area contributed by atoms with Crippen molar-refractivity contribution in [3.63, 3.8) is 0 Å². The van der Waals surface area contributed by atoms with E-state index in [1.54, 1.807) is 12.1 Å². The maximum absolute atomic E-state index is 12.8. The van der Waals surface area contributed by atoms with Crippen molar-refractivity contribution in [2.24, 2.45) is 16.5 Å². The van der Waals surface area contributed by atoms with Crippen LogP contribution in [0.5, 0.6) is 11.5 Å². The monoisotopic (exact) mass is 351 g/mol. The number of rotatable bonds is 1. The van der Waals surface area contributed by atoms with E-state index in [4.69, 9.17) is 20.9 Å². The molecule has 0 saturated heterocycles. The molecule has 2 heterocycles. The lowest BCUT2D eigenvalue weighted by Gasteiger charge is -2.16. The standard InChI is InChI=1S/C20H21N3O3/c21-20(22)23-15-5-6-16-12(10-15)3-1-2-4-13-9-14-7-8-25-17(14)11-18(13)26-19(16)24/h5-6,9-11H,1-4,7-8H2,(H4,21,22,23). The summed E-state index contributed by atoms with van der Waals surface area (Å²) >= 11 is 0. The summed E-state index contributed by atoms with van der Waals surface area (Å²) < 4.78 is 11.4. The Labute approximate surface area is 151 Å². The number of ether oxygens (including phenoxy) is 2. The molecule has 0 spiro atoms. The summed E-state index contributed by atoms with van der Waals surface area (Å²) in [6.07, 6.45) is 4.54. The Morgan fingerprint density at radius 2 is 1.69 bits per heavy atom. The first-order chi connectivity index (χ1) is 12.6. The third-order valence-corrected chi connectivity index (χ3v) is 4.78. The summed E-state index contributed by atoms with van der Waals surface area (Å²) in [5, 5.41) is 0. The van der Waals surface area contributed by atoms with Crippen molar-refractivity contribution in [3.05, 3.63) is 52.6 Å². The number of fused-ring (bicyclic) bond motifs is 3. The highest BCUT2D eigenvalue weighted by Crippen LogP contribution is 2.35. The summed E-state index contributed by atoms with van der Waals surface area (Å²) in [4.78, 5) is 16.8. The molecule has 26 heavy (non-hydrogen) atoms. The molecule has 2 aromatic rings. The number of nitrogens with zero attached hydrogens (tertiary/aromatic N) is 1. The zero-order chi connectivity index (χ0) is 18.1. The molecule has 0 fully saturated rings. The van der Waals surface area contributed by atoms with Crippen LogP contribution < -0.4 is 20.9 Å². The lowest BCUT2D eigenvalue weighted by atomic mass is 9.97. The molecule has 6 heteroatoms. The molecule has 0 atom stereocenters. The molecule has 2 aliphatic heterocycles. The molecule has 134 valence electrons. The molecular weight excluding hydrogens is 330 g/mol. The number of carbonyl (C=O) groups is 1. The summed E-state index contributed by atoms with van der Waals surface area (Å²) in [7, 11) is 0. The third-order valence-electron chi connectivity index (χ3n) is 4.78. The fourth-order valence-electron chi connectivity index (χ4n) is 3.54. The van der Waals surface area contributed by atoms with Crippen LogP contribution in [0.1, 0.15) is 39.9 Å². The van der Waals surface area contributed by atoms with Crippen molar-refractivity contribution in [3.8, 4) is 11.5 Å². The average Bonchev–Trinajstić information content (AvgIpc) is 3.05. The zero-order valence-corrected chi connectivity index (χ0v) is 14.5.